The number of hydrogen-bond acceptors (Lipinski definition) is 18. The van der Waals surface area contributed by atoms with E-state index in [1.807, 2.05) is 13.8 Å². The molecule has 11 atom stereocenters. The van der Waals surface area contributed by atoms with E-state index >= 15 is 0 Å². The summed E-state index contributed by atoms with van der Waals surface area (Å²) < 4.78 is 52.1. The van der Waals surface area contributed by atoms with Crippen LogP contribution in [0.5, 0.6) is 0 Å². The van der Waals surface area contributed by atoms with Gasteiger partial charge in [0.25, 0.3) is 0 Å². The van der Waals surface area contributed by atoms with Crippen LogP contribution in [0.4, 0.5) is 0 Å². The van der Waals surface area contributed by atoms with E-state index in [9.17, 15) is 43.5 Å². The van der Waals surface area contributed by atoms with Crippen molar-refractivity contribution in [2.75, 3.05) is 19.8 Å². The maximum atomic E-state index is 13.7. The summed E-state index contributed by atoms with van der Waals surface area (Å²) in [6.45, 7) is 12.5. The average Bonchev–Trinajstić information content (AvgIpc) is 3.85. The van der Waals surface area contributed by atoms with E-state index < -0.39 is 126 Å². The highest BCUT2D eigenvalue weighted by Crippen LogP contribution is 2.63. The van der Waals surface area contributed by atoms with E-state index in [2.05, 4.69) is 0 Å². The van der Waals surface area contributed by atoms with Crippen molar-refractivity contribution >= 4 is 47.8 Å². The molecule has 0 radical (unpaired) electrons. The van der Waals surface area contributed by atoms with Gasteiger partial charge in [-0.3, -0.25) is 33.6 Å². The molecule has 2 aliphatic heterocycles. The van der Waals surface area contributed by atoms with E-state index in [-0.39, 0.29) is 36.9 Å². The Bertz CT molecular complexity index is 1710. The number of carbonyl (C=O) groups excluding carboxylic acids is 8. The minimum atomic E-state index is -2.51. The van der Waals surface area contributed by atoms with Crippen LogP contribution in [0.15, 0.2) is 23.8 Å². The molecule has 322 valence electrons. The molecule has 0 aromatic rings. The molecule has 18 nitrogen and oxygen atoms in total. The highest BCUT2D eigenvalue weighted by Gasteiger charge is 2.81. The van der Waals surface area contributed by atoms with Gasteiger partial charge in [-0.15, -0.1) is 0 Å². The molecule has 3 fully saturated rings. The number of esters is 8. The minimum Gasteiger partial charge on any atom is -0.461 e. The molecule has 1 N–H and O–H groups in total. The standard InChI is InChI=1S/C40H54O18/c1-19(2)13-29(45)50-16-26-11-12-27(57-31(47)17-51-30(46)14-20(3)4)38(10)33(36(56-25(9)44)40(49)21(5)37(48)58-28(40)15-26)39(18-52-39)35(55-24(8)43)32(53-22(6)41)34(38)54-23(7)42/h11-12,15,19-21,27-28,32-36,49H,13-14,16-18H2,1-10H3/b12-11-,26-15+/t21-,27-,28-,32+,33+,34-,35+,36-,38+,39-,40-/m0/s1. The second-order valence-electron chi connectivity index (χ2n) is 16.2. The third kappa shape index (κ3) is 9.71. The summed E-state index contributed by atoms with van der Waals surface area (Å²) in [5, 5.41) is 13.0. The fourth-order valence-electron chi connectivity index (χ4n) is 8.19. The van der Waals surface area contributed by atoms with Crippen molar-refractivity contribution in [3.8, 4) is 0 Å². The second kappa shape index (κ2) is 18.0. The Kier molecular flexibility index (Phi) is 14.2. The normalized spacial score (nSPS) is 35.2. The topological polar surface area (TPSA) is 243 Å². The van der Waals surface area contributed by atoms with Crippen molar-refractivity contribution in [1.82, 2.24) is 0 Å². The van der Waals surface area contributed by atoms with Crippen LogP contribution < -0.4 is 0 Å². The molecule has 0 aromatic heterocycles. The van der Waals surface area contributed by atoms with Crippen LogP contribution in [0, 0.1) is 29.1 Å². The summed E-state index contributed by atoms with van der Waals surface area (Å²) in [5.74, 6) is -10.2. The maximum absolute atomic E-state index is 13.7. The van der Waals surface area contributed by atoms with Gasteiger partial charge in [-0.25, -0.2) is 4.79 Å². The zero-order valence-electron chi connectivity index (χ0n) is 34.4. The first-order valence-corrected chi connectivity index (χ1v) is 19.1. The molecule has 2 heterocycles. The fraction of sp³-hybridized carbons (Fsp3) is 0.700. The van der Waals surface area contributed by atoms with E-state index in [1.165, 1.54) is 32.1 Å². The maximum Gasteiger partial charge on any atom is 0.344 e. The Balaban J connectivity index is 2.08. The van der Waals surface area contributed by atoms with Crippen LogP contribution >= 0.6 is 0 Å². The van der Waals surface area contributed by atoms with Crippen molar-refractivity contribution in [1.29, 1.82) is 0 Å². The van der Waals surface area contributed by atoms with Gasteiger partial charge in [0.15, 0.2) is 36.6 Å². The number of carbonyl (C=O) groups is 8. The first-order valence-electron chi connectivity index (χ1n) is 19.1. The molecule has 4 rings (SSSR count). The first kappa shape index (κ1) is 45.9. The van der Waals surface area contributed by atoms with Crippen molar-refractivity contribution in [3.05, 3.63) is 23.8 Å². The summed E-state index contributed by atoms with van der Waals surface area (Å²) in [6, 6.07) is 0. The summed E-state index contributed by atoms with van der Waals surface area (Å²) in [7, 11) is 0. The van der Waals surface area contributed by atoms with Gasteiger partial charge < -0.3 is 47.7 Å². The lowest BCUT2D eigenvalue weighted by Gasteiger charge is -2.59. The third-order valence-corrected chi connectivity index (χ3v) is 10.7. The van der Waals surface area contributed by atoms with E-state index in [4.69, 9.17) is 42.6 Å². The molecule has 1 saturated carbocycles. The van der Waals surface area contributed by atoms with Crippen LogP contribution in [-0.4, -0.2) is 121 Å². The molecule has 1 spiro atoms. The van der Waals surface area contributed by atoms with Gasteiger partial charge in [0.05, 0.1) is 17.9 Å². The van der Waals surface area contributed by atoms with Gasteiger partial charge in [0.1, 0.15) is 24.4 Å². The predicted molar refractivity (Wildman–Crippen MR) is 194 cm³/mol. The molecule has 4 aliphatic rings. The van der Waals surface area contributed by atoms with Gasteiger partial charge in [0, 0.05) is 46.5 Å². The molecular formula is C40H54O18. The largest absolute Gasteiger partial charge is 0.461 e. The quantitative estimate of drug-likeness (QED) is 0.159. The highest BCUT2D eigenvalue weighted by atomic mass is 16.7. The molecular weight excluding hydrogens is 768 g/mol. The number of epoxide rings is 1. The monoisotopic (exact) mass is 822 g/mol. The molecule has 0 unspecified atom stereocenters. The lowest BCUT2D eigenvalue weighted by Crippen LogP contribution is -2.76. The van der Waals surface area contributed by atoms with Crippen molar-refractivity contribution in [3.63, 3.8) is 0 Å². The van der Waals surface area contributed by atoms with E-state index in [1.54, 1.807) is 13.8 Å². The number of ether oxygens (including phenoxy) is 9. The van der Waals surface area contributed by atoms with Crippen LogP contribution in [-0.2, 0) is 81.0 Å². The fourth-order valence-corrected chi connectivity index (χ4v) is 8.19. The number of fused-ring (bicyclic) bond motifs is 3. The summed E-state index contributed by atoms with van der Waals surface area (Å²) in [4.78, 5) is 104. The number of rotatable bonds is 13. The van der Waals surface area contributed by atoms with Crippen molar-refractivity contribution in [2.45, 2.75) is 130 Å². The zero-order valence-corrected chi connectivity index (χ0v) is 34.4. The molecule has 58 heavy (non-hydrogen) atoms. The van der Waals surface area contributed by atoms with Gasteiger partial charge in [-0.05, 0) is 36.5 Å². The smallest absolute Gasteiger partial charge is 0.344 e. The summed E-state index contributed by atoms with van der Waals surface area (Å²) in [5.41, 5.74) is -6.30. The molecule has 0 bridgehead atoms. The van der Waals surface area contributed by atoms with Gasteiger partial charge >= 0.3 is 47.8 Å². The first-order chi connectivity index (χ1) is 27.0. The molecule has 0 aromatic carbocycles. The van der Waals surface area contributed by atoms with Gasteiger partial charge in [-0.1, -0.05) is 40.7 Å². The van der Waals surface area contributed by atoms with Crippen molar-refractivity contribution in [2.24, 2.45) is 29.1 Å². The van der Waals surface area contributed by atoms with Crippen LogP contribution in [0.25, 0.3) is 0 Å². The zero-order chi connectivity index (χ0) is 43.5. The molecule has 18 heteroatoms. The van der Waals surface area contributed by atoms with E-state index in [0.717, 1.165) is 27.7 Å². The minimum absolute atomic E-state index is 0.0150. The Morgan fingerprint density at radius 3 is 1.81 bits per heavy atom. The summed E-state index contributed by atoms with van der Waals surface area (Å²) in [6.07, 6.45) is -6.24. The SMILES string of the molecule is CC(=O)O[C@H]1[C@@H](OC(C)=O)[C@]2(CO2)[C@@H]2[C@H](OC(C)=O)[C@@]3(O)[C@H](/C=C(COC(=O)CC(C)C)\C=C/[C@H](OC(=O)COC(=O)CC(C)C)[C@@]2(C)[C@H]1OC(C)=O)OC(=O)[C@@H]3C. The Morgan fingerprint density at radius 1 is 0.776 bits per heavy atom. The second-order valence-corrected chi connectivity index (χ2v) is 16.2. The predicted octanol–water partition coefficient (Wildman–Crippen LogP) is 2.00. The third-order valence-electron chi connectivity index (χ3n) is 10.7. The lowest BCUT2D eigenvalue weighted by atomic mass is 9.51. The van der Waals surface area contributed by atoms with Crippen LogP contribution in [0.2, 0.25) is 0 Å². The van der Waals surface area contributed by atoms with Crippen LogP contribution in [0.3, 0.4) is 0 Å². The van der Waals surface area contributed by atoms with E-state index in [0.29, 0.717) is 0 Å². The lowest BCUT2D eigenvalue weighted by molar-refractivity contribution is -0.279. The average molecular weight is 823 g/mol. The Labute approximate surface area is 336 Å². The van der Waals surface area contributed by atoms with Crippen molar-refractivity contribution < 1.29 is 86.1 Å². The van der Waals surface area contributed by atoms with Gasteiger partial charge in [0.2, 0.25) is 0 Å². The Morgan fingerprint density at radius 2 is 1.29 bits per heavy atom. The molecule has 2 saturated heterocycles. The van der Waals surface area contributed by atoms with Crippen LogP contribution in [0.1, 0.15) is 82.1 Å². The molecule has 2 aliphatic carbocycles. The summed E-state index contributed by atoms with van der Waals surface area (Å²) >= 11 is 0. The number of aliphatic hydroxyl groups is 1. The molecule has 0 amide bonds. The van der Waals surface area contributed by atoms with Gasteiger partial charge in [-0.2, -0.15) is 0 Å². The Hall–Kier alpha value is -4.84. The highest BCUT2D eigenvalue weighted by molar-refractivity contribution is 5.78. The number of hydrogen-bond donors (Lipinski definition) is 1.